The molecular weight excluding hydrogens is 1710 g/mol. The number of rotatable bonds is 11. The highest BCUT2D eigenvalue weighted by Gasteiger charge is 2.54. The van der Waals surface area contributed by atoms with E-state index in [2.05, 4.69) is 346 Å². The van der Waals surface area contributed by atoms with Crippen molar-refractivity contribution in [2.45, 2.75) is 243 Å². The lowest BCUT2D eigenvalue weighted by Crippen LogP contribution is -2.48. The molecule has 17 fully saturated rings. The summed E-state index contributed by atoms with van der Waals surface area (Å²) >= 11 is 0. The van der Waals surface area contributed by atoms with Crippen LogP contribution in [-0.4, -0.2) is 15.0 Å². The van der Waals surface area contributed by atoms with Gasteiger partial charge < -0.3 is 0 Å². The number of aromatic nitrogens is 8. The van der Waals surface area contributed by atoms with Crippen LogP contribution in [0.2, 0.25) is 0 Å². The molecule has 3 atom stereocenters. The first-order valence-corrected chi connectivity index (χ1v) is 54.8. The molecule has 8 heterocycles. The lowest BCUT2D eigenvalue weighted by atomic mass is 9.48. The van der Waals surface area contributed by atoms with E-state index in [1.165, 1.54) is 322 Å². The van der Waals surface area contributed by atoms with Crippen molar-refractivity contribution in [1.82, 2.24) is 15.0 Å². The maximum absolute atomic E-state index is 4.37. The monoisotopic (exact) mass is 1860 g/mol. The average Bonchev–Trinajstić information content (AvgIpc) is 0.728. The molecular formula is C133H147N8+5. The van der Waals surface area contributed by atoms with Gasteiger partial charge in [0, 0.05) is 84.2 Å². The molecule has 0 radical (unpaired) electrons. The van der Waals surface area contributed by atoms with E-state index in [1.54, 1.807) is 27.8 Å². The Balaban J connectivity index is 0.0000000956. The number of hydrogen-bond acceptors (Lipinski definition) is 3. The maximum atomic E-state index is 4.37. The van der Waals surface area contributed by atoms with E-state index < -0.39 is 0 Å². The minimum Gasteiger partial charge on any atom is -0.264 e. The molecule has 8 nitrogen and oxygen atoms in total. The van der Waals surface area contributed by atoms with Gasteiger partial charge in [-0.05, 0) is 431 Å². The molecule has 17 saturated carbocycles. The van der Waals surface area contributed by atoms with Crippen LogP contribution in [0.15, 0.2) is 274 Å². The summed E-state index contributed by atoms with van der Waals surface area (Å²) in [6.45, 7) is 13.2. The quantitative estimate of drug-likeness (QED) is 0.121. The van der Waals surface area contributed by atoms with Crippen molar-refractivity contribution in [3.63, 3.8) is 0 Å². The first-order valence-electron chi connectivity index (χ1n) is 54.8. The molecule has 33 rings (SSSR count). The molecule has 16 aromatic rings. The molecule has 17 aliphatic rings. The van der Waals surface area contributed by atoms with Crippen molar-refractivity contribution in [2.75, 3.05) is 0 Å². The molecule has 17 aliphatic carbocycles. The van der Waals surface area contributed by atoms with Crippen molar-refractivity contribution in [1.29, 1.82) is 0 Å². The summed E-state index contributed by atoms with van der Waals surface area (Å²) in [6.07, 6.45) is 62.0. The number of pyridine rings is 8. The largest absolute Gasteiger partial charge is 0.264 e. The highest BCUT2D eigenvalue weighted by molar-refractivity contribution is 5.99. The minimum atomic E-state index is 0.473. The second-order valence-corrected chi connectivity index (χ2v) is 47.6. The van der Waals surface area contributed by atoms with Crippen LogP contribution in [0.25, 0.3) is 121 Å². The van der Waals surface area contributed by atoms with Gasteiger partial charge in [-0.15, -0.1) is 0 Å². The Hall–Kier alpha value is -11.7. The van der Waals surface area contributed by atoms with E-state index in [0.717, 1.165) is 94.3 Å². The highest BCUT2D eigenvalue weighted by atomic mass is 14.9. The minimum absolute atomic E-state index is 0.473. The molecule has 0 N–H and O–H groups in total. The smallest absolute Gasteiger partial charge is 0.221 e. The van der Waals surface area contributed by atoms with Crippen LogP contribution in [0, 0.1) is 113 Å². The van der Waals surface area contributed by atoms with Crippen molar-refractivity contribution in [3.05, 3.63) is 336 Å². The van der Waals surface area contributed by atoms with Gasteiger partial charge in [0.2, 0.25) is 28.5 Å². The Morgan fingerprint density at radius 3 is 0.979 bits per heavy atom. The summed E-state index contributed by atoms with van der Waals surface area (Å²) in [5.74, 6) is 14.0. The van der Waals surface area contributed by atoms with Gasteiger partial charge in [-0.1, -0.05) is 153 Å². The fourth-order valence-electron chi connectivity index (χ4n) is 32.1. The highest BCUT2D eigenvalue weighted by Crippen LogP contribution is 2.64. The van der Waals surface area contributed by atoms with Gasteiger partial charge in [0.15, 0.2) is 31.0 Å². The third-order valence-corrected chi connectivity index (χ3v) is 38.6. The van der Waals surface area contributed by atoms with Crippen LogP contribution in [-0.2, 0) is 46.1 Å². The molecule has 0 saturated heterocycles. The van der Waals surface area contributed by atoms with E-state index in [-0.39, 0.29) is 0 Å². The van der Waals surface area contributed by atoms with Crippen LogP contribution in [0.1, 0.15) is 252 Å². The van der Waals surface area contributed by atoms with Crippen LogP contribution >= 0.6 is 0 Å². The lowest BCUT2D eigenvalue weighted by Gasteiger charge is -2.57. The molecule has 14 bridgehead atoms. The predicted octanol–water partition coefficient (Wildman–Crippen LogP) is 30.2. The average molecular weight is 1860 g/mol. The van der Waals surface area contributed by atoms with E-state index >= 15 is 0 Å². The Bertz CT molecular complexity index is 7230. The van der Waals surface area contributed by atoms with Crippen molar-refractivity contribution < 1.29 is 22.8 Å². The first kappa shape index (κ1) is 91.7. The van der Waals surface area contributed by atoms with Crippen LogP contribution < -0.4 is 22.8 Å². The van der Waals surface area contributed by atoms with Gasteiger partial charge in [0.25, 0.3) is 0 Å². The Labute approximate surface area is 838 Å². The molecule has 8 aromatic carbocycles. The van der Waals surface area contributed by atoms with E-state index in [1.807, 2.05) is 43.2 Å². The third-order valence-electron chi connectivity index (χ3n) is 38.6. The Morgan fingerprint density at radius 2 is 0.589 bits per heavy atom. The van der Waals surface area contributed by atoms with Crippen LogP contribution in [0.3, 0.4) is 0 Å². The second-order valence-electron chi connectivity index (χ2n) is 47.6. The molecule has 0 aliphatic heterocycles. The standard InChI is InChI=1S/C30H31N2.C28H32N.C27H30N.2C24H27N2/c1-20-5-8-23(26-4-3-14-31-19-26)18-28(20)30-27-12-11-24(17-25(27)13-15-32(30)2)29-16-21-6-9-22(29)10-7-21;1-18-4-5-19(2)26(10-18)27-25-7-6-24(14-23(25)8-9-29(27)3)28-15-20-11-21(16-28)13-22(12-20)17-28;1-18-5-3-4-6-24(18)26-25-8-7-23(14-22(25)9-10-28(26)2)27-15-19-11-20(16-27)13-21(12-19)17-27;1-16-15-25-11-9-21(16)24-22-8-7-19(14-20(22)10-12-26(24)2)23-13-17-3-5-18(23)6-4-17;1-16-9-11-25-15-23(16)24-21-8-7-19(14-20(21)10-12-26(24)2)22-13-17-3-5-18(22)6-4-17/h3-5,8,11-15,17-19,21-22,29H,6-7,9-10,16H2,1-2H3;4-10,14,20-22H,11-13,15-17H2,1-3H3;3-10,14,19-21H,11-13,15-17H2,1-2H3;7-12,14-15,17-18,23H,3-6,13H2,1-2H3;7-12,14-15,17-18,22H,3-6,13H2,1-2H3/q5*+1. The van der Waals surface area contributed by atoms with Gasteiger partial charge in [0.1, 0.15) is 35.2 Å². The van der Waals surface area contributed by atoms with Gasteiger partial charge in [-0.3, -0.25) is 15.0 Å². The fraction of sp³-hybridized carbons (Fsp3) is 0.414. The zero-order valence-corrected chi connectivity index (χ0v) is 85.8. The third kappa shape index (κ3) is 17.6. The summed E-state index contributed by atoms with van der Waals surface area (Å²) in [4.78, 5) is 13.0. The van der Waals surface area contributed by atoms with Crippen molar-refractivity contribution in [3.8, 4) is 67.4 Å². The number of nitrogens with zero attached hydrogens (tertiary/aromatic N) is 8. The normalized spacial score (nSPS) is 26.6. The topological polar surface area (TPSA) is 58.1 Å². The van der Waals surface area contributed by atoms with Gasteiger partial charge in [-0.25, -0.2) is 22.8 Å². The summed E-state index contributed by atoms with van der Waals surface area (Å²) in [5.41, 5.74) is 32.1. The number of hydrogen-bond donors (Lipinski definition) is 0. The van der Waals surface area contributed by atoms with E-state index in [4.69, 9.17) is 0 Å². The Morgan fingerprint density at radius 1 is 0.241 bits per heavy atom. The van der Waals surface area contributed by atoms with Gasteiger partial charge in [-0.2, -0.15) is 0 Å². The number of aryl methyl sites for hydroxylation is 11. The first-order chi connectivity index (χ1) is 68.7. The summed E-state index contributed by atoms with van der Waals surface area (Å²) in [6, 6.07) is 78.9. The predicted molar refractivity (Wildman–Crippen MR) is 578 cm³/mol. The number of benzene rings is 8. The lowest BCUT2D eigenvalue weighted by molar-refractivity contribution is -0.659. The van der Waals surface area contributed by atoms with Gasteiger partial charge >= 0.3 is 0 Å². The molecule has 0 amide bonds. The molecule has 8 aromatic heterocycles. The molecule has 0 spiro atoms. The molecule has 141 heavy (non-hydrogen) atoms. The van der Waals surface area contributed by atoms with E-state index in [9.17, 15) is 0 Å². The van der Waals surface area contributed by atoms with E-state index in [0.29, 0.717) is 10.8 Å². The fourth-order valence-corrected chi connectivity index (χ4v) is 32.1. The molecule has 714 valence electrons. The second kappa shape index (κ2) is 37.9. The van der Waals surface area contributed by atoms with Crippen LogP contribution in [0.5, 0.6) is 0 Å². The van der Waals surface area contributed by atoms with Crippen LogP contribution in [0.4, 0.5) is 0 Å². The Kier molecular flexibility index (Phi) is 24.6. The van der Waals surface area contributed by atoms with Crippen molar-refractivity contribution >= 4 is 53.9 Å². The SMILES string of the molecule is Cc1ccc(-c2cccnc2)cc1-c1c2ccc(C3CC4CCC3CC4)cc2cc[n+]1C.Cc1ccc(C)c(-c2c3ccc(C45CC6CC(CC(C6)C4)C5)cc3cc[n+]2C)c1.Cc1ccccc1-c1c2ccc(C34CC5CC(CC(C5)C3)C4)cc2cc[n+]1C.Cc1ccncc1-c1c2ccc(C3CC4CCC3CC4)cc2cc[n+]1C.Cc1cnccc1-c1c2ccc(C3CC4CCC3CC4)cc2cc[n+]1C. The molecule has 3 unspecified atom stereocenters. The van der Waals surface area contributed by atoms with Crippen molar-refractivity contribution in [2.24, 2.45) is 106 Å². The summed E-state index contributed by atoms with van der Waals surface area (Å²) < 4.78 is 11.3. The zero-order chi connectivity index (χ0) is 95.6. The molecule has 8 heteroatoms. The summed E-state index contributed by atoms with van der Waals surface area (Å²) in [7, 11) is 10.8. The number of fused-ring (bicyclic) bond motifs is 14. The summed E-state index contributed by atoms with van der Waals surface area (Å²) in [5, 5.41) is 13.7. The maximum Gasteiger partial charge on any atom is 0.221 e. The van der Waals surface area contributed by atoms with Gasteiger partial charge in [0.05, 0.1) is 43.6 Å². The zero-order valence-electron chi connectivity index (χ0n) is 85.8.